The molecule has 0 saturated carbocycles. The van der Waals surface area contributed by atoms with E-state index >= 15 is 0 Å². The van der Waals surface area contributed by atoms with Gasteiger partial charge in [0.2, 0.25) is 0 Å². The minimum absolute atomic E-state index is 0.0906. The van der Waals surface area contributed by atoms with Gasteiger partial charge in [-0.25, -0.2) is 19.2 Å². The summed E-state index contributed by atoms with van der Waals surface area (Å²) in [6.07, 6.45) is 0.445. The summed E-state index contributed by atoms with van der Waals surface area (Å²) in [5, 5.41) is 0. The predicted molar refractivity (Wildman–Crippen MR) is 139 cm³/mol. The fourth-order valence-electron chi connectivity index (χ4n) is 2.78. The number of hydrogen-bond donors (Lipinski definition) is 4. The van der Waals surface area contributed by atoms with Crippen molar-refractivity contribution in [3.8, 4) is 0 Å². The lowest BCUT2D eigenvalue weighted by Crippen LogP contribution is -2.42. The molecular weight excluding hydrogens is 504 g/mol. The largest absolute Gasteiger partial charge is 0.391 e. The maximum Gasteiger partial charge on any atom is 0.331 e. The number of rotatable bonds is 13. The van der Waals surface area contributed by atoms with E-state index in [1.807, 2.05) is 60.7 Å². The first-order chi connectivity index (χ1) is 17.2. The van der Waals surface area contributed by atoms with Crippen LogP contribution in [0, 0.1) is 0 Å². The zero-order valence-electron chi connectivity index (χ0n) is 19.5. The second-order valence-corrected chi connectivity index (χ2v) is 10.4. The van der Waals surface area contributed by atoms with Crippen molar-refractivity contribution in [3.05, 3.63) is 71.8 Å². The molecule has 0 aliphatic rings. The molecule has 12 heteroatoms. The van der Waals surface area contributed by atoms with Crippen LogP contribution in [0.2, 0.25) is 0 Å². The molecule has 0 aliphatic carbocycles. The Bertz CT molecular complexity index is 931. The van der Waals surface area contributed by atoms with Crippen molar-refractivity contribution in [3.63, 3.8) is 0 Å². The van der Waals surface area contributed by atoms with Gasteiger partial charge in [0.05, 0.1) is 0 Å². The van der Waals surface area contributed by atoms with Crippen molar-refractivity contribution in [2.75, 3.05) is 11.5 Å². The highest BCUT2D eigenvalue weighted by molar-refractivity contribution is 8.76. The Balaban J connectivity index is 1.64. The molecule has 0 unspecified atom stereocenters. The maximum atomic E-state index is 12.1. The molecular formula is C24H30N4O6S2. The van der Waals surface area contributed by atoms with E-state index in [0.717, 1.165) is 32.7 Å². The molecule has 0 aromatic heterocycles. The lowest BCUT2D eigenvalue weighted by Gasteiger charge is -2.14. The van der Waals surface area contributed by atoms with E-state index in [1.165, 1.54) is 0 Å². The molecule has 0 radical (unpaired) electrons. The molecule has 4 atom stereocenters. The Labute approximate surface area is 217 Å². The monoisotopic (exact) mass is 534 g/mol. The summed E-state index contributed by atoms with van der Waals surface area (Å²) in [6, 6.07) is 14.0. The average Bonchev–Trinajstić information content (AvgIpc) is 2.87. The Kier molecular flexibility index (Phi) is 12.6. The number of carbonyl (C=O) groups is 4. The van der Waals surface area contributed by atoms with Crippen molar-refractivity contribution >= 4 is 45.5 Å². The lowest BCUT2D eigenvalue weighted by atomic mass is 10.1. The Morgan fingerprint density at radius 3 is 1.19 bits per heavy atom. The summed E-state index contributed by atoms with van der Waals surface area (Å²) in [6.45, 7) is 0. The van der Waals surface area contributed by atoms with Crippen LogP contribution in [0.25, 0.3) is 0 Å². The molecule has 2 rings (SSSR count). The fourth-order valence-corrected chi connectivity index (χ4v) is 5.00. The van der Waals surface area contributed by atoms with Crippen LogP contribution in [0.5, 0.6) is 0 Å². The third-order valence-electron chi connectivity index (χ3n) is 4.79. The zero-order chi connectivity index (χ0) is 26.5. The molecule has 0 amide bonds. The molecule has 0 bridgehead atoms. The number of nitrogens with two attached hydrogens (primary N) is 4. The van der Waals surface area contributed by atoms with Gasteiger partial charge in [-0.2, -0.15) is 0 Å². The predicted octanol–water partition coefficient (Wildman–Crippen LogP) is 0.302. The minimum Gasteiger partial charge on any atom is -0.391 e. The van der Waals surface area contributed by atoms with Crippen LogP contribution < -0.4 is 22.9 Å². The van der Waals surface area contributed by atoms with Gasteiger partial charge in [-0.15, -0.1) is 0 Å². The van der Waals surface area contributed by atoms with Crippen molar-refractivity contribution in [2.24, 2.45) is 22.9 Å². The normalized spacial score (nSPS) is 14.2. The fraction of sp³-hybridized carbons (Fsp3) is 0.333. The molecule has 0 saturated heterocycles. The Hall–Kier alpha value is -2.74. The Morgan fingerprint density at radius 1 is 0.556 bits per heavy atom. The van der Waals surface area contributed by atoms with Crippen LogP contribution in [-0.4, -0.2) is 59.6 Å². The van der Waals surface area contributed by atoms with E-state index in [1.54, 1.807) is 0 Å². The van der Waals surface area contributed by atoms with E-state index < -0.39 is 48.0 Å². The van der Waals surface area contributed by atoms with Gasteiger partial charge in [0.1, 0.15) is 24.2 Å². The number of hydrogen-bond acceptors (Lipinski definition) is 12. The SMILES string of the molecule is N[C@@H](CSSC[C@H](N)C(=O)OC(=O)[C@@H](N)Cc1ccccc1)C(=O)OC(=O)[C@@H](N)Cc1ccccc1. The highest BCUT2D eigenvalue weighted by Gasteiger charge is 2.25. The molecule has 10 nitrogen and oxygen atoms in total. The van der Waals surface area contributed by atoms with Crippen LogP contribution in [-0.2, 0) is 41.5 Å². The quantitative estimate of drug-likeness (QED) is 0.119. The van der Waals surface area contributed by atoms with Crippen molar-refractivity contribution in [1.29, 1.82) is 0 Å². The van der Waals surface area contributed by atoms with Crippen molar-refractivity contribution in [1.82, 2.24) is 0 Å². The van der Waals surface area contributed by atoms with Crippen molar-refractivity contribution in [2.45, 2.75) is 37.0 Å². The van der Waals surface area contributed by atoms with Gasteiger partial charge in [-0.1, -0.05) is 82.3 Å². The van der Waals surface area contributed by atoms with Crippen LogP contribution in [0.1, 0.15) is 11.1 Å². The maximum absolute atomic E-state index is 12.1. The van der Waals surface area contributed by atoms with Gasteiger partial charge >= 0.3 is 23.9 Å². The first-order valence-corrected chi connectivity index (χ1v) is 13.5. The molecule has 8 N–H and O–H groups in total. The van der Waals surface area contributed by atoms with Gasteiger partial charge in [0.25, 0.3) is 0 Å². The van der Waals surface area contributed by atoms with E-state index in [4.69, 9.17) is 32.4 Å². The second-order valence-electron chi connectivity index (χ2n) is 7.85. The van der Waals surface area contributed by atoms with Gasteiger partial charge in [0, 0.05) is 11.5 Å². The summed E-state index contributed by atoms with van der Waals surface area (Å²) < 4.78 is 9.55. The third kappa shape index (κ3) is 10.5. The summed E-state index contributed by atoms with van der Waals surface area (Å²) in [7, 11) is 2.30. The number of benzene rings is 2. The average molecular weight is 535 g/mol. The van der Waals surface area contributed by atoms with E-state index in [9.17, 15) is 19.2 Å². The molecule has 194 valence electrons. The summed E-state index contributed by atoms with van der Waals surface area (Å²) >= 11 is 0. The topological polar surface area (TPSA) is 191 Å². The van der Waals surface area contributed by atoms with Crippen molar-refractivity contribution < 1.29 is 28.7 Å². The molecule has 0 aliphatic heterocycles. The molecule has 0 fully saturated rings. The first kappa shape index (κ1) is 29.5. The van der Waals surface area contributed by atoms with Gasteiger partial charge in [0.15, 0.2) is 0 Å². The van der Waals surface area contributed by atoms with E-state index in [-0.39, 0.29) is 24.3 Å². The summed E-state index contributed by atoms with van der Waals surface area (Å²) in [4.78, 5) is 48.2. The molecule has 36 heavy (non-hydrogen) atoms. The lowest BCUT2D eigenvalue weighted by molar-refractivity contribution is -0.162. The molecule has 0 heterocycles. The Morgan fingerprint density at radius 2 is 0.861 bits per heavy atom. The highest BCUT2D eigenvalue weighted by Crippen LogP contribution is 2.22. The minimum atomic E-state index is -1.09. The number of ether oxygens (including phenoxy) is 2. The van der Waals surface area contributed by atoms with Crippen LogP contribution in [0.15, 0.2) is 60.7 Å². The zero-order valence-corrected chi connectivity index (χ0v) is 21.1. The van der Waals surface area contributed by atoms with E-state index in [2.05, 4.69) is 0 Å². The van der Waals surface area contributed by atoms with Gasteiger partial charge < -0.3 is 32.4 Å². The summed E-state index contributed by atoms with van der Waals surface area (Å²) in [5.41, 5.74) is 24.8. The molecule has 2 aromatic carbocycles. The highest BCUT2D eigenvalue weighted by atomic mass is 33.1. The third-order valence-corrected chi connectivity index (χ3v) is 7.26. The number of esters is 4. The van der Waals surface area contributed by atoms with Gasteiger partial charge in [-0.3, -0.25) is 0 Å². The second kappa shape index (κ2) is 15.4. The standard InChI is InChI=1S/C24H30N4O6S2/c25-17(11-15-7-3-1-4-8-15)21(29)33-23(31)19(27)13-35-36-14-20(28)24(32)34-22(30)18(26)12-16-9-5-2-6-10-16/h1-10,17-20H,11-14,25-28H2/t17-,18-,19-,20-/m0/s1. The van der Waals surface area contributed by atoms with Crippen LogP contribution >= 0.6 is 21.6 Å². The van der Waals surface area contributed by atoms with Crippen LogP contribution in [0.3, 0.4) is 0 Å². The number of carbonyl (C=O) groups excluding carboxylic acids is 4. The van der Waals surface area contributed by atoms with Crippen LogP contribution in [0.4, 0.5) is 0 Å². The molecule has 0 spiro atoms. The van der Waals surface area contributed by atoms with Gasteiger partial charge in [-0.05, 0) is 24.0 Å². The smallest absolute Gasteiger partial charge is 0.331 e. The van der Waals surface area contributed by atoms with E-state index in [0.29, 0.717) is 0 Å². The first-order valence-electron chi connectivity index (χ1n) is 11.0. The molecule has 2 aromatic rings. The summed E-state index contributed by atoms with van der Waals surface area (Å²) in [5.74, 6) is -3.36.